The molecule has 0 unspecified atom stereocenters. The van der Waals surface area contributed by atoms with E-state index in [0.717, 1.165) is 5.69 Å². The number of carbonyl (C=O) groups excluding carboxylic acids is 1. The zero-order chi connectivity index (χ0) is 19.1. The number of non-ortho nitro benzene ring substituents is 1. The molecule has 0 saturated carbocycles. The molecule has 0 spiro atoms. The van der Waals surface area contributed by atoms with Gasteiger partial charge in [-0.2, -0.15) is 0 Å². The Bertz CT molecular complexity index is 863. The summed E-state index contributed by atoms with van der Waals surface area (Å²) in [4.78, 5) is 25.7. The van der Waals surface area contributed by atoms with Crippen LogP contribution in [-0.4, -0.2) is 34.6 Å². The average molecular weight is 354 g/mol. The molecule has 2 N–H and O–H groups in total. The minimum absolute atomic E-state index is 0.113. The number of rotatable bonds is 7. The standard InChI is InChI=1S/C18H18N4O4/c1-13(21(2)20-15-6-4-3-5-7-15)17(12-23)19-11-14-10-16(22(25)26)8-9-18(14)24/h3-12,20,24H,1-2H3/b17-13+,19-11+. The van der Waals surface area contributed by atoms with Gasteiger partial charge in [-0.25, -0.2) is 0 Å². The number of aromatic hydroxyl groups is 1. The smallest absolute Gasteiger partial charge is 0.270 e. The summed E-state index contributed by atoms with van der Waals surface area (Å²) in [6, 6.07) is 13.0. The van der Waals surface area contributed by atoms with Crippen molar-refractivity contribution in [1.82, 2.24) is 5.01 Å². The highest BCUT2D eigenvalue weighted by atomic mass is 16.6. The second kappa shape index (κ2) is 8.43. The first-order valence-electron chi connectivity index (χ1n) is 7.65. The molecule has 2 aromatic carbocycles. The molecule has 0 aliphatic carbocycles. The van der Waals surface area contributed by atoms with E-state index in [0.29, 0.717) is 12.0 Å². The van der Waals surface area contributed by atoms with E-state index < -0.39 is 4.92 Å². The first kappa shape index (κ1) is 18.7. The molecule has 8 heteroatoms. The minimum atomic E-state index is -0.573. The number of anilines is 1. The van der Waals surface area contributed by atoms with Crippen molar-refractivity contribution in [2.24, 2.45) is 4.99 Å². The number of benzene rings is 2. The highest BCUT2D eigenvalue weighted by molar-refractivity contribution is 5.88. The van der Waals surface area contributed by atoms with Crippen LogP contribution in [0.5, 0.6) is 5.75 Å². The fourth-order valence-corrected chi connectivity index (χ4v) is 2.07. The summed E-state index contributed by atoms with van der Waals surface area (Å²) < 4.78 is 0. The Kier molecular flexibility index (Phi) is 6.05. The minimum Gasteiger partial charge on any atom is -0.507 e. The van der Waals surface area contributed by atoms with Crippen LogP contribution in [0, 0.1) is 10.1 Å². The monoisotopic (exact) mass is 354 g/mol. The lowest BCUT2D eigenvalue weighted by atomic mass is 10.2. The maximum absolute atomic E-state index is 11.4. The summed E-state index contributed by atoms with van der Waals surface area (Å²) in [5.74, 6) is -0.169. The number of phenols is 1. The molecule has 0 aliphatic heterocycles. The molecule has 0 aliphatic rings. The summed E-state index contributed by atoms with van der Waals surface area (Å²) in [6.45, 7) is 1.70. The van der Waals surface area contributed by atoms with Gasteiger partial charge < -0.3 is 5.11 Å². The van der Waals surface area contributed by atoms with Gasteiger partial charge in [-0.05, 0) is 25.1 Å². The molecule has 0 saturated heterocycles. The Balaban J connectivity index is 2.25. The SMILES string of the molecule is C/C(=C(C=O)\N=C\c1cc([N+](=O)[O-])ccc1O)N(C)Nc1ccccc1. The van der Waals surface area contributed by atoms with Crippen LogP contribution in [0.2, 0.25) is 0 Å². The van der Waals surface area contributed by atoms with E-state index in [1.54, 1.807) is 19.0 Å². The van der Waals surface area contributed by atoms with Crippen LogP contribution in [0.1, 0.15) is 12.5 Å². The molecule has 0 fully saturated rings. The van der Waals surface area contributed by atoms with Crippen LogP contribution in [-0.2, 0) is 4.79 Å². The van der Waals surface area contributed by atoms with Crippen molar-refractivity contribution in [2.45, 2.75) is 6.92 Å². The number of para-hydroxylation sites is 1. The summed E-state index contributed by atoms with van der Waals surface area (Å²) in [7, 11) is 1.73. The Hall–Kier alpha value is -3.68. The number of nitro groups is 1. The van der Waals surface area contributed by atoms with Crippen LogP contribution in [0.3, 0.4) is 0 Å². The van der Waals surface area contributed by atoms with Crippen molar-refractivity contribution >= 4 is 23.9 Å². The molecule has 0 radical (unpaired) electrons. The number of hydrogen-bond donors (Lipinski definition) is 2. The van der Waals surface area contributed by atoms with E-state index >= 15 is 0 Å². The van der Waals surface area contributed by atoms with Crippen LogP contribution in [0.15, 0.2) is 64.9 Å². The predicted octanol–water partition coefficient (Wildman–Crippen LogP) is 3.11. The van der Waals surface area contributed by atoms with Crippen molar-refractivity contribution in [3.63, 3.8) is 0 Å². The molecule has 0 atom stereocenters. The lowest BCUT2D eigenvalue weighted by Crippen LogP contribution is -2.24. The van der Waals surface area contributed by atoms with Gasteiger partial charge in [-0.3, -0.25) is 30.3 Å². The van der Waals surface area contributed by atoms with Crippen molar-refractivity contribution in [1.29, 1.82) is 0 Å². The molecular weight excluding hydrogens is 336 g/mol. The van der Waals surface area contributed by atoms with E-state index in [2.05, 4.69) is 10.4 Å². The summed E-state index contributed by atoms with van der Waals surface area (Å²) in [5, 5.41) is 22.3. The Morgan fingerprint density at radius 3 is 2.58 bits per heavy atom. The fraction of sp³-hybridized carbons (Fsp3) is 0.111. The van der Waals surface area contributed by atoms with Crippen molar-refractivity contribution in [2.75, 3.05) is 12.5 Å². The van der Waals surface area contributed by atoms with Gasteiger partial charge >= 0.3 is 0 Å². The van der Waals surface area contributed by atoms with Gasteiger partial charge in [-0.1, -0.05) is 18.2 Å². The normalized spacial score (nSPS) is 11.8. The zero-order valence-electron chi connectivity index (χ0n) is 14.3. The van der Waals surface area contributed by atoms with E-state index in [4.69, 9.17) is 0 Å². The molecule has 0 heterocycles. The first-order valence-corrected chi connectivity index (χ1v) is 7.65. The maximum atomic E-state index is 11.4. The zero-order valence-corrected chi connectivity index (χ0v) is 14.3. The van der Waals surface area contributed by atoms with Crippen LogP contribution in [0.25, 0.3) is 0 Å². The van der Waals surface area contributed by atoms with Crippen molar-refractivity contribution < 1.29 is 14.8 Å². The average Bonchev–Trinajstić information content (AvgIpc) is 2.63. The van der Waals surface area contributed by atoms with E-state index in [9.17, 15) is 20.0 Å². The number of allylic oxidation sites excluding steroid dienone is 2. The lowest BCUT2D eigenvalue weighted by Gasteiger charge is -2.22. The third-order valence-electron chi connectivity index (χ3n) is 3.62. The number of nitro benzene ring substituents is 1. The number of hydrazine groups is 1. The predicted molar refractivity (Wildman–Crippen MR) is 98.9 cm³/mol. The van der Waals surface area contributed by atoms with Crippen molar-refractivity contribution in [3.05, 3.63) is 75.6 Å². The molecule has 8 nitrogen and oxygen atoms in total. The molecule has 0 aromatic heterocycles. The van der Waals surface area contributed by atoms with Gasteiger partial charge in [-0.15, -0.1) is 0 Å². The second-order valence-electron chi connectivity index (χ2n) is 5.38. The quantitative estimate of drug-likeness (QED) is 0.260. The Labute approximate surface area is 150 Å². The number of phenolic OH excluding ortho intramolecular Hbond substituents is 1. The Morgan fingerprint density at radius 2 is 1.96 bits per heavy atom. The van der Waals surface area contributed by atoms with Crippen LogP contribution < -0.4 is 5.43 Å². The molecule has 0 amide bonds. The summed E-state index contributed by atoms with van der Waals surface area (Å²) in [5.41, 5.74) is 4.54. The lowest BCUT2D eigenvalue weighted by molar-refractivity contribution is -0.384. The summed E-state index contributed by atoms with van der Waals surface area (Å²) in [6.07, 6.45) is 1.79. The molecule has 2 aromatic rings. The van der Waals surface area contributed by atoms with Gasteiger partial charge in [0.1, 0.15) is 11.4 Å². The van der Waals surface area contributed by atoms with Gasteiger partial charge in [0, 0.05) is 31.0 Å². The van der Waals surface area contributed by atoms with Crippen LogP contribution in [0.4, 0.5) is 11.4 Å². The van der Waals surface area contributed by atoms with Crippen LogP contribution >= 0.6 is 0 Å². The third-order valence-corrected chi connectivity index (χ3v) is 3.62. The third kappa shape index (κ3) is 4.67. The maximum Gasteiger partial charge on any atom is 0.270 e. The largest absolute Gasteiger partial charge is 0.507 e. The van der Waals surface area contributed by atoms with Gasteiger partial charge in [0.2, 0.25) is 0 Å². The second-order valence-corrected chi connectivity index (χ2v) is 5.38. The topological polar surface area (TPSA) is 108 Å². The number of hydrogen-bond acceptors (Lipinski definition) is 7. The number of carbonyl (C=O) groups is 1. The molecule has 26 heavy (non-hydrogen) atoms. The van der Waals surface area contributed by atoms with Gasteiger partial charge in [0.25, 0.3) is 5.69 Å². The molecule has 2 rings (SSSR count). The summed E-state index contributed by atoms with van der Waals surface area (Å²) >= 11 is 0. The van der Waals surface area contributed by atoms with Crippen molar-refractivity contribution in [3.8, 4) is 5.75 Å². The molecular formula is C18H18N4O4. The van der Waals surface area contributed by atoms with E-state index in [1.807, 2.05) is 30.3 Å². The van der Waals surface area contributed by atoms with E-state index in [1.165, 1.54) is 24.4 Å². The number of nitrogens with zero attached hydrogens (tertiary/aromatic N) is 3. The number of aldehydes is 1. The van der Waals surface area contributed by atoms with Gasteiger partial charge in [0.05, 0.1) is 16.3 Å². The number of nitrogens with one attached hydrogen (secondary N) is 1. The highest BCUT2D eigenvalue weighted by Gasteiger charge is 2.10. The highest BCUT2D eigenvalue weighted by Crippen LogP contribution is 2.22. The molecule has 134 valence electrons. The fourth-order valence-electron chi connectivity index (χ4n) is 2.07. The molecule has 0 bridgehead atoms. The first-order chi connectivity index (χ1) is 12.4. The van der Waals surface area contributed by atoms with E-state index in [-0.39, 0.29) is 22.7 Å². The Morgan fingerprint density at radius 1 is 1.27 bits per heavy atom. The number of aliphatic imine (C=N–C) groups is 1. The van der Waals surface area contributed by atoms with Gasteiger partial charge in [0.15, 0.2) is 6.29 Å².